The molecule has 0 bridgehead atoms. The summed E-state index contributed by atoms with van der Waals surface area (Å²) in [7, 11) is 0. The highest BCUT2D eigenvalue weighted by Crippen LogP contribution is 2.31. The van der Waals surface area contributed by atoms with Crippen molar-refractivity contribution in [3.05, 3.63) is 12.7 Å². The second-order valence-corrected chi connectivity index (χ2v) is 8.74. The molecule has 1 saturated carbocycles. The molecule has 2 rings (SSSR count). The molecule has 29 heavy (non-hydrogen) atoms. The van der Waals surface area contributed by atoms with Gasteiger partial charge in [0.15, 0.2) is 6.29 Å². The van der Waals surface area contributed by atoms with Crippen molar-refractivity contribution < 1.29 is 28.5 Å². The maximum absolute atomic E-state index is 12.6. The van der Waals surface area contributed by atoms with E-state index in [2.05, 4.69) is 6.58 Å². The highest BCUT2D eigenvalue weighted by Gasteiger charge is 2.40. The third kappa shape index (κ3) is 7.30. The summed E-state index contributed by atoms with van der Waals surface area (Å²) in [4.78, 5) is 26.3. The maximum atomic E-state index is 12.6. The summed E-state index contributed by atoms with van der Waals surface area (Å²) >= 11 is 0. The van der Waals surface area contributed by atoms with Crippen LogP contribution >= 0.6 is 0 Å². The lowest BCUT2D eigenvalue weighted by atomic mass is 9.87. The summed E-state index contributed by atoms with van der Waals surface area (Å²) < 4.78 is 22.9. The molecule has 0 N–H and O–H groups in total. The Labute approximate surface area is 174 Å². The van der Waals surface area contributed by atoms with Crippen molar-refractivity contribution in [1.82, 2.24) is 4.90 Å². The molecule has 1 aliphatic heterocycles. The molecule has 7 nitrogen and oxygen atoms in total. The van der Waals surface area contributed by atoms with Crippen LogP contribution in [-0.2, 0) is 23.7 Å². The van der Waals surface area contributed by atoms with E-state index in [0.717, 1.165) is 38.5 Å². The van der Waals surface area contributed by atoms with Crippen LogP contribution < -0.4 is 0 Å². The van der Waals surface area contributed by atoms with Crippen LogP contribution in [0, 0.1) is 5.92 Å². The van der Waals surface area contributed by atoms with Gasteiger partial charge in [0.05, 0.1) is 31.3 Å². The molecular formula is C22H37NO6. The van der Waals surface area contributed by atoms with Gasteiger partial charge < -0.3 is 23.8 Å². The minimum atomic E-state index is -0.548. The average molecular weight is 412 g/mol. The Morgan fingerprint density at radius 1 is 1.17 bits per heavy atom. The van der Waals surface area contributed by atoms with Crippen molar-refractivity contribution in [3.8, 4) is 0 Å². The highest BCUT2D eigenvalue weighted by molar-refractivity contribution is 5.72. The predicted octanol–water partition coefficient (Wildman–Crippen LogP) is 4.05. The van der Waals surface area contributed by atoms with E-state index in [1.54, 1.807) is 11.0 Å². The first-order valence-electron chi connectivity index (χ1n) is 10.8. The van der Waals surface area contributed by atoms with Crippen LogP contribution in [0.15, 0.2) is 12.7 Å². The molecular weight excluding hydrogens is 374 g/mol. The molecule has 0 aromatic rings. The van der Waals surface area contributed by atoms with Crippen LogP contribution in [-0.4, -0.2) is 60.8 Å². The third-order valence-corrected chi connectivity index (χ3v) is 5.24. The molecule has 2 aliphatic rings. The van der Waals surface area contributed by atoms with E-state index in [9.17, 15) is 9.59 Å². The zero-order valence-corrected chi connectivity index (χ0v) is 18.4. The summed E-state index contributed by atoms with van der Waals surface area (Å²) in [6.45, 7) is 12.5. The quantitative estimate of drug-likeness (QED) is 0.341. The molecule has 7 heteroatoms. The zero-order valence-electron chi connectivity index (χ0n) is 18.4. The van der Waals surface area contributed by atoms with Gasteiger partial charge in [-0.25, -0.2) is 4.79 Å². The molecule has 1 aliphatic carbocycles. The summed E-state index contributed by atoms with van der Waals surface area (Å²) in [5.74, 6) is -0.163. The van der Waals surface area contributed by atoms with E-state index in [1.807, 2.05) is 27.7 Å². The molecule has 166 valence electrons. The molecule has 0 aromatic heterocycles. The van der Waals surface area contributed by atoms with Crippen LogP contribution in [0.4, 0.5) is 4.79 Å². The van der Waals surface area contributed by atoms with E-state index < -0.39 is 11.9 Å². The van der Waals surface area contributed by atoms with Gasteiger partial charge in [-0.1, -0.05) is 6.08 Å². The smallest absolute Gasteiger partial charge is 0.410 e. The summed E-state index contributed by atoms with van der Waals surface area (Å²) in [6.07, 6.45) is 5.55. The van der Waals surface area contributed by atoms with Gasteiger partial charge in [-0.3, -0.25) is 4.79 Å². The first kappa shape index (κ1) is 23.7. The summed E-state index contributed by atoms with van der Waals surface area (Å²) in [5, 5.41) is 0. The molecule has 0 radical (unpaired) electrons. The van der Waals surface area contributed by atoms with Crippen molar-refractivity contribution in [1.29, 1.82) is 0 Å². The Balaban J connectivity index is 1.97. The van der Waals surface area contributed by atoms with Crippen LogP contribution in [0.3, 0.4) is 0 Å². The van der Waals surface area contributed by atoms with Crippen molar-refractivity contribution in [3.63, 3.8) is 0 Å². The number of rotatable bonds is 8. The number of hydrogen-bond acceptors (Lipinski definition) is 6. The Kier molecular flexibility index (Phi) is 8.96. The van der Waals surface area contributed by atoms with Crippen LogP contribution in [0.1, 0.15) is 66.2 Å². The van der Waals surface area contributed by atoms with Crippen molar-refractivity contribution in [2.45, 2.75) is 90.3 Å². The second kappa shape index (κ2) is 11.0. The number of likely N-dealkylation sites (tertiary alicyclic amines) is 1. The van der Waals surface area contributed by atoms with Crippen molar-refractivity contribution >= 4 is 12.1 Å². The Hall–Kier alpha value is -1.60. The first-order valence-corrected chi connectivity index (χ1v) is 10.8. The monoisotopic (exact) mass is 411 g/mol. The van der Waals surface area contributed by atoms with E-state index in [-0.39, 0.29) is 30.1 Å². The lowest BCUT2D eigenvalue weighted by Crippen LogP contribution is -2.48. The normalized spacial score (nSPS) is 26.1. The lowest BCUT2D eigenvalue weighted by molar-refractivity contribution is -0.198. The molecule has 0 spiro atoms. The zero-order chi connectivity index (χ0) is 21.4. The van der Waals surface area contributed by atoms with Crippen LogP contribution in [0.5, 0.6) is 0 Å². The number of amides is 1. The lowest BCUT2D eigenvalue weighted by Gasteiger charge is -2.36. The largest absolute Gasteiger partial charge is 0.466 e. The minimum absolute atomic E-state index is 0.00317. The standard InChI is InChI=1S/C22H37NO6/c1-6-15-27-20(18-9-8-14-23(18)21(25)29-22(3,4)5)28-17-12-10-16(11-13-17)19(24)26-7-2/h6,16-18,20H,1,7-15H2,2-5H3/t16-,17-,18-,20?/m0/s1. The Morgan fingerprint density at radius 2 is 1.86 bits per heavy atom. The fraction of sp³-hybridized carbons (Fsp3) is 0.818. The van der Waals surface area contributed by atoms with Gasteiger partial charge in [-0.2, -0.15) is 0 Å². The third-order valence-electron chi connectivity index (χ3n) is 5.24. The molecule has 1 heterocycles. The average Bonchev–Trinajstić information content (AvgIpc) is 3.14. The Bertz CT molecular complexity index is 550. The van der Waals surface area contributed by atoms with Gasteiger partial charge in [0.25, 0.3) is 0 Å². The molecule has 2 atom stereocenters. The molecule has 1 amide bonds. The predicted molar refractivity (Wildman–Crippen MR) is 109 cm³/mol. The molecule has 1 unspecified atom stereocenters. The van der Waals surface area contributed by atoms with Gasteiger partial charge in [0, 0.05) is 6.54 Å². The van der Waals surface area contributed by atoms with Crippen molar-refractivity contribution in [2.75, 3.05) is 19.8 Å². The Morgan fingerprint density at radius 3 is 2.45 bits per heavy atom. The number of hydrogen-bond donors (Lipinski definition) is 0. The highest BCUT2D eigenvalue weighted by atomic mass is 16.7. The second-order valence-electron chi connectivity index (χ2n) is 8.74. The number of ether oxygens (including phenoxy) is 4. The van der Waals surface area contributed by atoms with Crippen LogP contribution in [0.25, 0.3) is 0 Å². The summed E-state index contributed by atoms with van der Waals surface area (Å²) in [5.41, 5.74) is -0.548. The first-order chi connectivity index (χ1) is 13.7. The fourth-order valence-electron chi connectivity index (χ4n) is 3.91. The number of carbonyl (C=O) groups is 2. The molecule has 2 fully saturated rings. The van der Waals surface area contributed by atoms with Gasteiger partial charge in [-0.15, -0.1) is 6.58 Å². The van der Waals surface area contributed by atoms with Gasteiger partial charge in [0.1, 0.15) is 5.60 Å². The molecule has 1 saturated heterocycles. The topological polar surface area (TPSA) is 74.3 Å². The van der Waals surface area contributed by atoms with Gasteiger partial charge >= 0.3 is 12.1 Å². The number of nitrogens with zero attached hydrogens (tertiary/aromatic N) is 1. The van der Waals surface area contributed by atoms with Gasteiger partial charge in [-0.05, 0) is 66.2 Å². The SMILES string of the molecule is C=CCOC(O[C@H]1CC[C@H](C(=O)OCC)CC1)[C@@H]1CCCN1C(=O)OC(C)(C)C. The van der Waals surface area contributed by atoms with E-state index in [1.165, 1.54) is 0 Å². The van der Waals surface area contributed by atoms with E-state index in [0.29, 0.717) is 19.8 Å². The minimum Gasteiger partial charge on any atom is -0.466 e. The summed E-state index contributed by atoms with van der Waals surface area (Å²) in [6, 6.07) is -0.187. The number of carbonyl (C=O) groups excluding carboxylic acids is 2. The van der Waals surface area contributed by atoms with Crippen molar-refractivity contribution in [2.24, 2.45) is 5.92 Å². The van der Waals surface area contributed by atoms with Gasteiger partial charge in [0.2, 0.25) is 0 Å². The number of esters is 1. The molecule has 0 aromatic carbocycles. The van der Waals surface area contributed by atoms with Crippen LogP contribution in [0.2, 0.25) is 0 Å². The van der Waals surface area contributed by atoms with E-state index in [4.69, 9.17) is 18.9 Å². The van der Waals surface area contributed by atoms with E-state index >= 15 is 0 Å². The maximum Gasteiger partial charge on any atom is 0.410 e. The fourth-order valence-corrected chi connectivity index (χ4v) is 3.91.